The second-order valence-electron chi connectivity index (χ2n) is 4.19. The molecule has 0 aromatic carbocycles. The Hall–Kier alpha value is -2.81. The lowest BCUT2D eigenvalue weighted by molar-refractivity contribution is -0.385. The number of nitrogens with one attached hydrogen (secondary N) is 1. The van der Waals surface area contributed by atoms with Crippen LogP contribution < -0.4 is 10.1 Å². The molecule has 0 aliphatic heterocycles. The molecule has 0 amide bonds. The van der Waals surface area contributed by atoms with Crippen molar-refractivity contribution in [2.45, 2.75) is 6.54 Å². The van der Waals surface area contributed by atoms with Gasteiger partial charge in [-0.25, -0.2) is 4.98 Å². The summed E-state index contributed by atoms with van der Waals surface area (Å²) in [5.74, 6) is 0.00186. The van der Waals surface area contributed by atoms with E-state index in [9.17, 15) is 10.1 Å². The molecular formula is C13H15N5O4. The highest BCUT2D eigenvalue weighted by atomic mass is 16.6. The fourth-order valence-electron chi connectivity index (χ4n) is 1.67. The quantitative estimate of drug-likeness (QED) is 0.442. The summed E-state index contributed by atoms with van der Waals surface area (Å²) in [5, 5.41) is 14.1. The van der Waals surface area contributed by atoms with Gasteiger partial charge in [0, 0.05) is 26.0 Å². The van der Waals surface area contributed by atoms with Crippen LogP contribution in [0.2, 0.25) is 0 Å². The average molecular weight is 305 g/mol. The number of hydrogen-bond donors (Lipinski definition) is 1. The molecule has 0 saturated heterocycles. The number of aromatic nitrogens is 3. The van der Waals surface area contributed by atoms with Gasteiger partial charge in [0.15, 0.2) is 0 Å². The number of rotatable bonds is 8. The van der Waals surface area contributed by atoms with Crippen LogP contribution in [-0.4, -0.2) is 40.2 Å². The maximum Gasteiger partial charge on any atom is 0.372 e. The third-order valence-corrected chi connectivity index (χ3v) is 2.68. The fraction of sp³-hybridized carbons (Fsp3) is 0.308. The summed E-state index contributed by atoms with van der Waals surface area (Å²) in [7, 11) is 1.51. The van der Waals surface area contributed by atoms with Crippen molar-refractivity contribution in [1.82, 2.24) is 15.0 Å². The number of nitrogens with zero attached hydrogens (tertiary/aromatic N) is 4. The Morgan fingerprint density at radius 2 is 2.23 bits per heavy atom. The van der Waals surface area contributed by atoms with Crippen molar-refractivity contribution in [2.24, 2.45) is 0 Å². The summed E-state index contributed by atoms with van der Waals surface area (Å²) in [5.41, 5.74) is 0.569. The SMILES string of the molecule is COCCOc1ncnc(NCc2cccnc2)c1[N+](=O)[O-]. The second kappa shape index (κ2) is 7.84. The first-order valence-corrected chi connectivity index (χ1v) is 6.46. The normalized spacial score (nSPS) is 10.2. The summed E-state index contributed by atoms with van der Waals surface area (Å²) in [4.78, 5) is 22.4. The van der Waals surface area contributed by atoms with E-state index in [1.807, 2.05) is 6.07 Å². The Morgan fingerprint density at radius 3 is 2.91 bits per heavy atom. The zero-order chi connectivity index (χ0) is 15.8. The predicted octanol–water partition coefficient (Wildman–Crippen LogP) is 1.42. The summed E-state index contributed by atoms with van der Waals surface area (Å²) < 4.78 is 10.1. The molecule has 2 rings (SSSR count). The molecule has 2 aromatic rings. The minimum Gasteiger partial charge on any atom is -0.470 e. The molecule has 9 heteroatoms. The van der Waals surface area contributed by atoms with Crippen molar-refractivity contribution < 1.29 is 14.4 Å². The van der Waals surface area contributed by atoms with E-state index >= 15 is 0 Å². The van der Waals surface area contributed by atoms with Gasteiger partial charge in [0.25, 0.3) is 5.88 Å². The predicted molar refractivity (Wildman–Crippen MR) is 77.6 cm³/mol. The standard InChI is InChI=1S/C13H15N5O4/c1-21-5-6-22-13-11(18(19)20)12(16-9-17-13)15-8-10-3-2-4-14-7-10/h2-4,7,9H,5-6,8H2,1H3,(H,15,16,17). The highest BCUT2D eigenvalue weighted by molar-refractivity contribution is 5.61. The molecular weight excluding hydrogens is 290 g/mol. The summed E-state index contributed by atoms with van der Waals surface area (Å²) in [6.45, 7) is 0.819. The second-order valence-corrected chi connectivity index (χ2v) is 4.19. The Balaban J connectivity index is 2.15. The third kappa shape index (κ3) is 4.09. The number of methoxy groups -OCH3 is 1. The number of hydrogen-bond acceptors (Lipinski definition) is 8. The lowest BCUT2D eigenvalue weighted by Crippen LogP contribution is -2.10. The smallest absolute Gasteiger partial charge is 0.372 e. The molecule has 2 aromatic heterocycles. The van der Waals surface area contributed by atoms with Gasteiger partial charge in [-0.15, -0.1) is 0 Å². The topological polar surface area (TPSA) is 112 Å². The number of anilines is 1. The average Bonchev–Trinajstić information content (AvgIpc) is 2.54. The van der Waals surface area contributed by atoms with Crippen LogP contribution in [0.4, 0.5) is 11.5 Å². The molecule has 0 aliphatic rings. The molecule has 9 nitrogen and oxygen atoms in total. The van der Waals surface area contributed by atoms with Crippen molar-refractivity contribution in [3.8, 4) is 5.88 Å². The first kappa shape index (κ1) is 15.6. The molecule has 0 unspecified atom stereocenters. The van der Waals surface area contributed by atoms with E-state index in [0.717, 1.165) is 5.56 Å². The van der Waals surface area contributed by atoms with Crippen LogP contribution in [0.3, 0.4) is 0 Å². The van der Waals surface area contributed by atoms with Crippen LogP contribution in [0.25, 0.3) is 0 Å². The third-order valence-electron chi connectivity index (χ3n) is 2.68. The minimum atomic E-state index is -0.576. The van der Waals surface area contributed by atoms with Gasteiger partial charge >= 0.3 is 5.69 Å². The van der Waals surface area contributed by atoms with Crippen molar-refractivity contribution in [3.05, 3.63) is 46.5 Å². The molecule has 0 atom stereocenters. The van der Waals surface area contributed by atoms with E-state index in [1.54, 1.807) is 18.5 Å². The van der Waals surface area contributed by atoms with Crippen molar-refractivity contribution >= 4 is 11.5 Å². The van der Waals surface area contributed by atoms with Crippen molar-refractivity contribution in [2.75, 3.05) is 25.6 Å². The van der Waals surface area contributed by atoms with Gasteiger partial charge in [-0.2, -0.15) is 4.98 Å². The Morgan fingerprint density at radius 1 is 1.36 bits per heavy atom. The van der Waals surface area contributed by atoms with Crippen LogP contribution in [0.5, 0.6) is 5.88 Å². The van der Waals surface area contributed by atoms with E-state index in [1.165, 1.54) is 13.4 Å². The fourth-order valence-corrected chi connectivity index (χ4v) is 1.67. The van der Waals surface area contributed by atoms with Crippen LogP contribution in [-0.2, 0) is 11.3 Å². The molecule has 0 fully saturated rings. The highest BCUT2D eigenvalue weighted by Crippen LogP contribution is 2.30. The zero-order valence-corrected chi connectivity index (χ0v) is 11.9. The maximum atomic E-state index is 11.2. The lowest BCUT2D eigenvalue weighted by Gasteiger charge is -2.09. The van der Waals surface area contributed by atoms with E-state index in [2.05, 4.69) is 20.3 Å². The molecule has 2 heterocycles. The summed E-state index contributed by atoms with van der Waals surface area (Å²) in [6.07, 6.45) is 4.52. The van der Waals surface area contributed by atoms with Crippen molar-refractivity contribution in [3.63, 3.8) is 0 Å². The molecule has 22 heavy (non-hydrogen) atoms. The van der Waals surface area contributed by atoms with Gasteiger partial charge in [-0.05, 0) is 11.6 Å². The van der Waals surface area contributed by atoms with Gasteiger partial charge in [-0.1, -0.05) is 6.07 Å². The molecule has 1 N–H and O–H groups in total. The molecule has 0 saturated carbocycles. The number of pyridine rings is 1. The Bertz CT molecular complexity index is 623. The van der Waals surface area contributed by atoms with E-state index < -0.39 is 4.92 Å². The van der Waals surface area contributed by atoms with E-state index in [-0.39, 0.29) is 24.0 Å². The zero-order valence-electron chi connectivity index (χ0n) is 11.9. The van der Waals surface area contributed by atoms with Gasteiger partial charge in [-0.3, -0.25) is 15.1 Å². The highest BCUT2D eigenvalue weighted by Gasteiger charge is 2.24. The van der Waals surface area contributed by atoms with Gasteiger partial charge in [0.2, 0.25) is 5.82 Å². The van der Waals surface area contributed by atoms with Gasteiger partial charge < -0.3 is 14.8 Å². The molecule has 116 valence electrons. The Kier molecular flexibility index (Phi) is 5.55. The number of nitro groups is 1. The maximum absolute atomic E-state index is 11.2. The van der Waals surface area contributed by atoms with Crippen LogP contribution >= 0.6 is 0 Å². The first-order valence-electron chi connectivity index (χ1n) is 6.46. The van der Waals surface area contributed by atoms with Crippen LogP contribution in [0, 0.1) is 10.1 Å². The monoisotopic (exact) mass is 305 g/mol. The molecule has 0 aliphatic carbocycles. The summed E-state index contributed by atoms with van der Waals surface area (Å²) in [6, 6.07) is 3.63. The molecule has 0 bridgehead atoms. The minimum absolute atomic E-state index is 0.0919. The molecule has 0 radical (unpaired) electrons. The largest absolute Gasteiger partial charge is 0.470 e. The molecule has 0 spiro atoms. The van der Waals surface area contributed by atoms with E-state index in [0.29, 0.717) is 13.2 Å². The van der Waals surface area contributed by atoms with Gasteiger partial charge in [0.1, 0.15) is 12.9 Å². The Labute approximate surface area is 126 Å². The van der Waals surface area contributed by atoms with E-state index in [4.69, 9.17) is 9.47 Å². The summed E-state index contributed by atoms with van der Waals surface area (Å²) >= 11 is 0. The lowest BCUT2D eigenvalue weighted by atomic mass is 10.3. The number of ether oxygens (including phenoxy) is 2. The van der Waals surface area contributed by atoms with Crippen LogP contribution in [0.1, 0.15) is 5.56 Å². The van der Waals surface area contributed by atoms with Crippen molar-refractivity contribution in [1.29, 1.82) is 0 Å². The first-order chi connectivity index (χ1) is 10.7. The van der Waals surface area contributed by atoms with Crippen LogP contribution in [0.15, 0.2) is 30.9 Å². The van der Waals surface area contributed by atoms with Gasteiger partial charge in [0.05, 0.1) is 11.5 Å².